The Balaban J connectivity index is 2.86. The van der Waals surface area contributed by atoms with Gasteiger partial charge in [-0.05, 0) is 29.5 Å². The third-order valence-electron chi connectivity index (χ3n) is 3.08. The maximum absolute atomic E-state index is 12.1. The number of halogens is 3. The van der Waals surface area contributed by atoms with Gasteiger partial charge < -0.3 is 4.18 Å². The highest BCUT2D eigenvalue weighted by atomic mass is 32.2. The molecule has 1 rings (SSSR count). The summed E-state index contributed by atoms with van der Waals surface area (Å²) in [6.07, 6.45) is -3.94. The average Bonchev–Trinajstić information content (AvgIpc) is 2.25. The van der Waals surface area contributed by atoms with Crippen molar-refractivity contribution in [3.8, 4) is 5.75 Å². The number of alkyl halides is 3. The summed E-state index contributed by atoms with van der Waals surface area (Å²) in [6.45, 7) is 6.05. The molecule has 0 saturated carbocycles. The molecule has 0 bridgehead atoms. The van der Waals surface area contributed by atoms with E-state index in [0.29, 0.717) is 0 Å². The summed E-state index contributed by atoms with van der Waals surface area (Å²) in [5, 5.41) is 0. The highest BCUT2D eigenvalue weighted by Gasteiger charge is 2.36. The molecular weight excluding hydrogens is 293 g/mol. The van der Waals surface area contributed by atoms with E-state index in [1.165, 1.54) is 12.1 Å². The molecular formula is C13H17F3O3S. The van der Waals surface area contributed by atoms with Crippen LogP contribution in [0, 0.1) is 0 Å². The van der Waals surface area contributed by atoms with Gasteiger partial charge in [0.15, 0.2) is 5.75 Å². The molecule has 0 atom stereocenters. The van der Waals surface area contributed by atoms with E-state index in [4.69, 9.17) is 0 Å². The number of hydrogen-bond donors (Lipinski definition) is 0. The van der Waals surface area contributed by atoms with Crippen LogP contribution in [-0.4, -0.2) is 20.3 Å². The van der Waals surface area contributed by atoms with Crippen LogP contribution in [0.3, 0.4) is 0 Å². The number of hydrogen-bond acceptors (Lipinski definition) is 3. The summed E-state index contributed by atoms with van der Waals surface area (Å²) in [5.41, 5.74) is 0.865. The Labute approximate surface area is 116 Å². The zero-order valence-electron chi connectivity index (χ0n) is 11.5. The first-order chi connectivity index (χ1) is 8.95. The van der Waals surface area contributed by atoms with Crippen LogP contribution in [0.25, 0.3) is 0 Å². The number of benzene rings is 1. The fraction of sp³-hybridized carbons (Fsp3) is 0.538. The molecule has 0 aliphatic carbocycles. The van der Waals surface area contributed by atoms with Crippen LogP contribution in [0.4, 0.5) is 13.2 Å². The number of rotatable bonds is 5. The molecule has 0 saturated heterocycles. The summed E-state index contributed by atoms with van der Waals surface area (Å²) in [5.74, 6) is -2.12. The maximum Gasteiger partial charge on any atom is 0.406 e. The Hall–Kier alpha value is -1.24. The van der Waals surface area contributed by atoms with Crippen LogP contribution >= 0.6 is 0 Å². The highest BCUT2D eigenvalue weighted by Crippen LogP contribution is 2.28. The largest absolute Gasteiger partial charge is 0.406 e. The molecule has 0 fully saturated rings. The molecule has 0 spiro atoms. The molecule has 3 nitrogen and oxygen atoms in total. The van der Waals surface area contributed by atoms with E-state index in [2.05, 4.69) is 4.18 Å². The van der Waals surface area contributed by atoms with Crippen molar-refractivity contribution in [2.45, 2.75) is 38.8 Å². The molecule has 0 N–H and O–H groups in total. The van der Waals surface area contributed by atoms with Crippen molar-refractivity contribution in [1.82, 2.24) is 0 Å². The Kier molecular flexibility index (Phi) is 4.74. The third-order valence-corrected chi connectivity index (χ3v) is 4.21. The summed E-state index contributed by atoms with van der Waals surface area (Å²) < 4.78 is 63.0. The van der Waals surface area contributed by atoms with Gasteiger partial charge in [0.1, 0.15) is 5.75 Å². The van der Waals surface area contributed by atoms with Crippen molar-refractivity contribution in [3.63, 3.8) is 0 Å². The minimum Gasteiger partial charge on any atom is -0.382 e. The molecule has 20 heavy (non-hydrogen) atoms. The summed E-state index contributed by atoms with van der Waals surface area (Å²) in [7, 11) is -4.67. The summed E-state index contributed by atoms with van der Waals surface area (Å²) >= 11 is 0. The normalized spacial score (nSPS) is 13.3. The lowest BCUT2D eigenvalue weighted by Crippen LogP contribution is -2.26. The first-order valence-electron chi connectivity index (χ1n) is 6.05. The topological polar surface area (TPSA) is 43.4 Å². The van der Waals surface area contributed by atoms with Crippen molar-refractivity contribution >= 4 is 10.1 Å². The monoisotopic (exact) mass is 310 g/mol. The molecule has 0 amide bonds. The SMILES string of the molecule is CCC(C)(C)c1ccc(OS(=O)(=O)CC(F)(F)F)cc1. The van der Waals surface area contributed by atoms with Crippen LogP contribution < -0.4 is 4.18 Å². The van der Waals surface area contributed by atoms with E-state index in [9.17, 15) is 21.6 Å². The first-order valence-corrected chi connectivity index (χ1v) is 7.62. The van der Waals surface area contributed by atoms with Gasteiger partial charge >= 0.3 is 16.3 Å². The molecule has 0 aliphatic rings. The molecule has 0 radical (unpaired) electrons. The smallest absolute Gasteiger partial charge is 0.382 e. The quantitative estimate of drug-likeness (QED) is 0.780. The second-order valence-corrected chi connectivity index (χ2v) is 6.73. The Bertz CT molecular complexity index is 545. The predicted octanol–water partition coefficient (Wildman–Crippen LogP) is 3.65. The van der Waals surface area contributed by atoms with Crippen molar-refractivity contribution in [3.05, 3.63) is 29.8 Å². The van der Waals surface area contributed by atoms with Gasteiger partial charge in [0.25, 0.3) is 0 Å². The van der Waals surface area contributed by atoms with E-state index in [1.54, 1.807) is 12.1 Å². The first kappa shape index (κ1) is 16.8. The zero-order chi connectivity index (χ0) is 15.6. The molecule has 114 valence electrons. The molecule has 0 aliphatic heterocycles. The Morgan fingerprint density at radius 2 is 1.60 bits per heavy atom. The second-order valence-electron chi connectivity index (χ2n) is 5.16. The van der Waals surface area contributed by atoms with E-state index in [-0.39, 0.29) is 11.2 Å². The van der Waals surface area contributed by atoms with Gasteiger partial charge in [-0.2, -0.15) is 21.6 Å². The standard InChI is InChI=1S/C13H17F3O3S/c1-4-12(2,3)10-5-7-11(8-6-10)19-20(17,18)9-13(14,15)16/h5-8H,4,9H2,1-3H3. The van der Waals surface area contributed by atoms with E-state index >= 15 is 0 Å². The molecule has 7 heteroatoms. The van der Waals surface area contributed by atoms with E-state index in [0.717, 1.165) is 12.0 Å². The third kappa shape index (κ3) is 5.03. The Morgan fingerprint density at radius 3 is 2.00 bits per heavy atom. The van der Waals surface area contributed by atoms with Crippen LogP contribution in [0.15, 0.2) is 24.3 Å². The second kappa shape index (κ2) is 5.63. The van der Waals surface area contributed by atoms with Crippen LogP contribution in [0.5, 0.6) is 5.75 Å². The van der Waals surface area contributed by atoms with Crippen molar-refractivity contribution in [1.29, 1.82) is 0 Å². The minimum absolute atomic E-state index is 0.0939. The molecule has 0 unspecified atom stereocenters. The van der Waals surface area contributed by atoms with Gasteiger partial charge in [-0.1, -0.05) is 32.9 Å². The van der Waals surface area contributed by atoms with Gasteiger partial charge in [-0.15, -0.1) is 0 Å². The zero-order valence-corrected chi connectivity index (χ0v) is 12.3. The van der Waals surface area contributed by atoms with Crippen LogP contribution in [-0.2, 0) is 15.5 Å². The van der Waals surface area contributed by atoms with Gasteiger partial charge in [-0.25, -0.2) is 0 Å². The van der Waals surface area contributed by atoms with Gasteiger partial charge in [0, 0.05) is 0 Å². The Morgan fingerprint density at radius 1 is 1.10 bits per heavy atom. The van der Waals surface area contributed by atoms with Gasteiger partial charge in [0.05, 0.1) is 0 Å². The molecule has 1 aromatic rings. The fourth-order valence-corrected chi connectivity index (χ4v) is 2.41. The van der Waals surface area contributed by atoms with E-state index < -0.39 is 22.0 Å². The van der Waals surface area contributed by atoms with Gasteiger partial charge in [0.2, 0.25) is 0 Å². The van der Waals surface area contributed by atoms with E-state index in [1.807, 2.05) is 20.8 Å². The lowest BCUT2D eigenvalue weighted by Gasteiger charge is -2.23. The van der Waals surface area contributed by atoms with Crippen LogP contribution in [0.1, 0.15) is 32.8 Å². The van der Waals surface area contributed by atoms with Crippen LogP contribution in [0.2, 0.25) is 0 Å². The van der Waals surface area contributed by atoms with Crippen molar-refractivity contribution in [2.75, 3.05) is 5.75 Å². The summed E-state index contributed by atoms with van der Waals surface area (Å²) in [6, 6.07) is 6.03. The lowest BCUT2D eigenvalue weighted by molar-refractivity contribution is -0.107. The predicted molar refractivity (Wildman–Crippen MR) is 70.2 cm³/mol. The average molecular weight is 310 g/mol. The molecule has 0 aromatic heterocycles. The summed E-state index contributed by atoms with van der Waals surface area (Å²) in [4.78, 5) is 0. The van der Waals surface area contributed by atoms with Crippen molar-refractivity contribution in [2.24, 2.45) is 0 Å². The van der Waals surface area contributed by atoms with Crippen molar-refractivity contribution < 1.29 is 25.8 Å². The highest BCUT2D eigenvalue weighted by molar-refractivity contribution is 7.87. The minimum atomic E-state index is -4.82. The molecule has 1 aromatic carbocycles. The fourth-order valence-electron chi connectivity index (χ4n) is 1.54. The maximum atomic E-state index is 12.1. The lowest BCUT2D eigenvalue weighted by atomic mass is 9.82. The van der Waals surface area contributed by atoms with Gasteiger partial charge in [-0.3, -0.25) is 0 Å². The molecule has 0 heterocycles.